The number of benzene rings is 2. The van der Waals surface area contributed by atoms with Crippen molar-refractivity contribution in [2.75, 3.05) is 45.3 Å². The third-order valence-electron chi connectivity index (χ3n) is 5.07. The van der Waals surface area contributed by atoms with Crippen LogP contribution in [0.15, 0.2) is 48.5 Å². The lowest BCUT2D eigenvalue weighted by Gasteiger charge is -2.36. The Morgan fingerprint density at radius 2 is 1.63 bits per heavy atom. The van der Waals surface area contributed by atoms with Gasteiger partial charge in [-0.3, -0.25) is 4.79 Å². The smallest absolute Gasteiger partial charge is 0.222 e. The lowest BCUT2D eigenvalue weighted by molar-refractivity contribution is -0.131. The summed E-state index contributed by atoms with van der Waals surface area (Å²) in [6, 6.07) is 16.1. The third kappa shape index (κ3) is 4.94. The van der Waals surface area contributed by atoms with E-state index < -0.39 is 0 Å². The fourth-order valence-corrected chi connectivity index (χ4v) is 3.48. The first-order valence-corrected chi connectivity index (χ1v) is 9.50. The van der Waals surface area contributed by atoms with Crippen LogP contribution in [0.4, 0.5) is 5.69 Å². The molecular formula is C22H28N2O3. The monoisotopic (exact) mass is 368 g/mol. The van der Waals surface area contributed by atoms with Gasteiger partial charge in [0.25, 0.3) is 0 Å². The van der Waals surface area contributed by atoms with E-state index in [9.17, 15) is 4.79 Å². The topological polar surface area (TPSA) is 42.0 Å². The third-order valence-corrected chi connectivity index (χ3v) is 5.07. The standard InChI is InChI=1S/C22H28N2O3/c1-26-19-12-10-18(11-13-19)6-5-9-22(25)24-16-14-23(15-17-24)20-7-3-4-8-21(20)27-2/h3-4,7-8,10-13H,5-6,9,14-17H2,1-2H3. The van der Waals surface area contributed by atoms with Gasteiger partial charge in [0.15, 0.2) is 0 Å². The number of carbonyl (C=O) groups excluding carboxylic acids is 1. The van der Waals surface area contributed by atoms with Crippen molar-refractivity contribution in [1.82, 2.24) is 4.90 Å². The van der Waals surface area contributed by atoms with Crippen LogP contribution in [0.2, 0.25) is 0 Å². The molecule has 0 aromatic heterocycles. The summed E-state index contributed by atoms with van der Waals surface area (Å²) in [5, 5.41) is 0. The molecule has 0 unspecified atom stereocenters. The molecule has 0 N–H and O–H groups in total. The van der Waals surface area contributed by atoms with Crippen molar-refractivity contribution in [2.45, 2.75) is 19.3 Å². The highest BCUT2D eigenvalue weighted by atomic mass is 16.5. The van der Waals surface area contributed by atoms with E-state index in [4.69, 9.17) is 9.47 Å². The van der Waals surface area contributed by atoms with E-state index in [1.165, 1.54) is 5.56 Å². The molecule has 144 valence electrons. The Bertz CT molecular complexity index is 737. The summed E-state index contributed by atoms with van der Waals surface area (Å²) < 4.78 is 10.6. The first-order chi connectivity index (χ1) is 13.2. The van der Waals surface area contributed by atoms with Gasteiger partial charge in [-0.05, 0) is 42.7 Å². The number of hydrogen-bond donors (Lipinski definition) is 0. The minimum absolute atomic E-state index is 0.253. The Labute approximate surface area is 161 Å². The molecule has 0 atom stereocenters. The van der Waals surface area contributed by atoms with Crippen LogP contribution in [-0.4, -0.2) is 51.2 Å². The van der Waals surface area contributed by atoms with Gasteiger partial charge >= 0.3 is 0 Å². The Hall–Kier alpha value is -2.69. The highest BCUT2D eigenvalue weighted by molar-refractivity contribution is 5.76. The van der Waals surface area contributed by atoms with E-state index in [0.29, 0.717) is 6.42 Å². The average molecular weight is 368 g/mol. The summed E-state index contributed by atoms with van der Waals surface area (Å²) in [6.45, 7) is 3.20. The SMILES string of the molecule is COc1ccc(CCCC(=O)N2CCN(c3ccccc3OC)CC2)cc1. The quantitative estimate of drug-likeness (QED) is 0.751. The van der Waals surface area contributed by atoms with E-state index in [1.807, 2.05) is 35.2 Å². The van der Waals surface area contributed by atoms with Crippen LogP contribution in [0, 0.1) is 0 Å². The number of ether oxygens (including phenoxy) is 2. The summed E-state index contributed by atoms with van der Waals surface area (Å²) in [6.07, 6.45) is 2.38. The molecule has 1 aliphatic rings. The molecule has 2 aromatic rings. The number of nitrogens with zero attached hydrogens (tertiary/aromatic N) is 2. The lowest BCUT2D eigenvalue weighted by Crippen LogP contribution is -2.48. The Kier molecular flexibility index (Phi) is 6.58. The summed E-state index contributed by atoms with van der Waals surface area (Å²) >= 11 is 0. The van der Waals surface area contributed by atoms with E-state index in [1.54, 1.807) is 14.2 Å². The van der Waals surface area contributed by atoms with Crippen molar-refractivity contribution in [3.63, 3.8) is 0 Å². The number of rotatable bonds is 7. The molecule has 0 spiro atoms. The minimum Gasteiger partial charge on any atom is -0.497 e. The molecule has 1 fully saturated rings. The van der Waals surface area contributed by atoms with Crippen LogP contribution >= 0.6 is 0 Å². The molecule has 1 saturated heterocycles. The van der Waals surface area contributed by atoms with E-state index in [0.717, 1.165) is 56.2 Å². The van der Waals surface area contributed by atoms with Gasteiger partial charge in [-0.15, -0.1) is 0 Å². The number of anilines is 1. The van der Waals surface area contributed by atoms with E-state index >= 15 is 0 Å². The average Bonchev–Trinajstić information content (AvgIpc) is 2.74. The van der Waals surface area contributed by atoms with Crippen molar-refractivity contribution >= 4 is 11.6 Å². The van der Waals surface area contributed by atoms with Crippen LogP contribution in [0.3, 0.4) is 0 Å². The highest BCUT2D eigenvalue weighted by Gasteiger charge is 2.22. The number of amides is 1. The van der Waals surface area contributed by atoms with Crippen LogP contribution in [0.1, 0.15) is 18.4 Å². The summed E-state index contributed by atoms with van der Waals surface area (Å²) in [5.41, 5.74) is 2.34. The van der Waals surface area contributed by atoms with Crippen LogP contribution in [-0.2, 0) is 11.2 Å². The summed E-state index contributed by atoms with van der Waals surface area (Å²) in [4.78, 5) is 16.8. The number of hydrogen-bond acceptors (Lipinski definition) is 4. The second-order valence-corrected chi connectivity index (χ2v) is 6.74. The maximum Gasteiger partial charge on any atom is 0.222 e. The van der Waals surface area contributed by atoms with Gasteiger partial charge in [-0.1, -0.05) is 24.3 Å². The predicted octanol–water partition coefficient (Wildman–Crippen LogP) is 3.38. The molecular weight excluding hydrogens is 340 g/mol. The second kappa shape index (κ2) is 9.31. The first kappa shape index (κ1) is 19.1. The van der Waals surface area contributed by atoms with Crippen LogP contribution < -0.4 is 14.4 Å². The summed E-state index contributed by atoms with van der Waals surface area (Å²) in [7, 11) is 3.36. The fraction of sp³-hybridized carbons (Fsp3) is 0.409. The van der Waals surface area contributed by atoms with Crippen LogP contribution in [0.5, 0.6) is 11.5 Å². The molecule has 27 heavy (non-hydrogen) atoms. The molecule has 0 saturated carbocycles. The Morgan fingerprint density at radius 1 is 0.926 bits per heavy atom. The number of methoxy groups -OCH3 is 2. The zero-order valence-electron chi connectivity index (χ0n) is 16.2. The molecule has 0 aliphatic carbocycles. The van der Waals surface area contributed by atoms with Crippen molar-refractivity contribution in [1.29, 1.82) is 0 Å². The molecule has 3 rings (SSSR count). The minimum atomic E-state index is 0.253. The largest absolute Gasteiger partial charge is 0.497 e. The molecule has 0 radical (unpaired) electrons. The molecule has 2 aromatic carbocycles. The highest BCUT2D eigenvalue weighted by Crippen LogP contribution is 2.28. The van der Waals surface area contributed by atoms with Crippen molar-refractivity contribution in [2.24, 2.45) is 0 Å². The van der Waals surface area contributed by atoms with Gasteiger partial charge in [0, 0.05) is 32.6 Å². The van der Waals surface area contributed by atoms with Crippen molar-refractivity contribution < 1.29 is 14.3 Å². The molecule has 5 heteroatoms. The van der Waals surface area contributed by atoms with Crippen molar-refractivity contribution in [3.8, 4) is 11.5 Å². The second-order valence-electron chi connectivity index (χ2n) is 6.74. The maximum atomic E-state index is 12.5. The van der Waals surface area contributed by atoms with Gasteiger partial charge in [0.1, 0.15) is 11.5 Å². The van der Waals surface area contributed by atoms with Gasteiger partial charge in [0.05, 0.1) is 19.9 Å². The first-order valence-electron chi connectivity index (χ1n) is 9.50. The van der Waals surface area contributed by atoms with Crippen molar-refractivity contribution in [3.05, 3.63) is 54.1 Å². The molecule has 1 amide bonds. The lowest BCUT2D eigenvalue weighted by atomic mass is 10.1. The normalized spacial score (nSPS) is 14.1. The van der Waals surface area contributed by atoms with Gasteiger partial charge in [0.2, 0.25) is 5.91 Å². The van der Waals surface area contributed by atoms with Crippen LogP contribution in [0.25, 0.3) is 0 Å². The van der Waals surface area contributed by atoms with Gasteiger partial charge < -0.3 is 19.3 Å². The van der Waals surface area contributed by atoms with E-state index in [-0.39, 0.29) is 5.91 Å². The van der Waals surface area contributed by atoms with Gasteiger partial charge in [-0.25, -0.2) is 0 Å². The summed E-state index contributed by atoms with van der Waals surface area (Å²) in [5.74, 6) is 2.00. The Morgan fingerprint density at radius 3 is 2.30 bits per heavy atom. The zero-order valence-corrected chi connectivity index (χ0v) is 16.2. The zero-order chi connectivity index (χ0) is 19.1. The molecule has 5 nitrogen and oxygen atoms in total. The molecule has 0 bridgehead atoms. The maximum absolute atomic E-state index is 12.5. The number of carbonyl (C=O) groups is 1. The van der Waals surface area contributed by atoms with E-state index in [2.05, 4.69) is 23.1 Å². The molecule has 1 heterocycles. The number of piperazine rings is 1. The molecule has 1 aliphatic heterocycles. The predicted molar refractivity (Wildman–Crippen MR) is 108 cm³/mol. The fourth-order valence-electron chi connectivity index (χ4n) is 3.48. The Balaban J connectivity index is 1.44. The number of aryl methyl sites for hydroxylation is 1. The number of para-hydroxylation sites is 2. The van der Waals surface area contributed by atoms with Gasteiger partial charge in [-0.2, -0.15) is 0 Å².